The molecular weight excluding hydrogens is 357 g/mol. The summed E-state index contributed by atoms with van der Waals surface area (Å²) in [5.74, 6) is 2.57. The molecule has 3 nitrogen and oxygen atoms in total. The van der Waals surface area contributed by atoms with Gasteiger partial charge in [0.1, 0.15) is 11.6 Å². The van der Waals surface area contributed by atoms with E-state index < -0.39 is 0 Å². The molecule has 1 aliphatic rings. The summed E-state index contributed by atoms with van der Waals surface area (Å²) < 4.78 is 1.19. The largest absolute Gasteiger partial charge is 0.372 e. The average Bonchev–Trinajstić information content (AvgIpc) is 3.10. The average molecular weight is 371 g/mol. The third-order valence-corrected chi connectivity index (χ3v) is 4.98. The van der Waals surface area contributed by atoms with Gasteiger partial charge in [0.25, 0.3) is 0 Å². The van der Waals surface area contributed by atoms with Crippen molar-refractivity contribution in [2.45, 2.75) is 25.2 Å². The van der Waals surface area contributed by atoms with Gasteiger partial charge in [0.2, 0.25) is 0 Å². The zero-order valence-corrected chi connectivity index (χ0v) is 13.1. The minimum Gasteiger partial charge on any atom is -0.372 e. The number of nitrogens with one attached hydrogen (secondary N) is 1. The molecule has 0 aliphatic heterocycles. The first kappa shape index (κ1) is 12.3. The molecule has 2 aromatic heterocycles. The topological polar surface area (TPSA) is 37.8 Å². The molecule has 0 unspecified atom stereocenters. The molecule has 0 amide bonds. The van der Waals surface area contributed by atoms with E-state index in [0.29, 0.717) is 5.92 Å². The SMILES string of the molecule is CNc1nc(Cc2cccs2)nc(C2CC2)c1I. The molecule has 18 heavy (non-hydrogen) atoms. The van der Waals surface area contributed by atoms with E-state index in [1.54, 1.807) is 11.3 Å². The highest BCUT2D eigenvalue weighted by atomic mass is 127. The van der Waals surface area contributed by atoms with E-state index in [-0.39, 0.29) is 0 Å². The van der Waals surface area contributed by atoms with Crippen LogP contribution in [0.25, 0.3) is 0 Å². The molecule has 1 N–H and O–H groups in total. The molecule has 0 aromatic carbocycles. The van der Waals surface area contributed by atoms with Crippen LogP contribution < -0.4 is 5.32 Å². The lowest BCUT2D eigenvalue weighted by atomic mass is 10.2. The molecule has 0 atom stereocenters. The standard InChI is InChI=1S/C13H14IN3S/c1-15-13-11(14)12(8-4-5-8)16-10(17-13)7-9-3-2-6-18-9/h2-3,6,8H,4-5,7H2,1H3,(H,15,16,17). The fraction of sp³-hybridized carbons (Fsp3) is 0.385. The van der Waals surface area contributed by atoms with Crippen molar-refractivity contribution in [2.24, 2.45) is 0 Å². The summed E-state index contributed by atoms with van der Waals surface area (Å²) in [6, 6.07) is 4.22. The number of thiophene rings is 1. The molecule has 5 heteroatoms. The van der Waals surface area contributed by atoms with Gasteiger partial charge in [-0.05, 0) is 46.9 Å². The lowest BCUT2D eigenvalue weighted by Gasteiger charge is -2.10. The van der Waals surface area contributed by atoms with Crippen molar-refractivity contribution < 1.29 is 0 Å². The normalized spacial score (nSPS) is 14.8. The van der Waals surface area contributed by atoms with Gasteiger partial charge in [-0.25, -0.2) is 9.97 Å². The van der Waals surface area contributed by atoms with Crippen LogP contribution in [-0.2, 0) is 6.42 Å². The Morgan fingerprint density at radius 1 is 1.44 bits per heavy atom. The summed E-state index contributed by atoms with van der Waals surface area (Å²) in [5, 5.41) is 5.28. The zero-order chi connectivity index (χ0) is 12.5. The van der Waals surface area contributed by atoms with Crippen LogP contribution in [0.2, 0.25) is 0 Å². The summed E-state index contributed by atoms with van der Waals surface area (Å²) in [6.45, 7) is 0. The van der Waals surface area contributed by atoms with Crippen molar-refractivity contribution in [3.8, 4) is 0 Å². The number of anilines is 1. The molecule has 0 saturated heterocycles. The Morgan fingerprint density at radius 2 is 2.28 bits per heavy atom. The van der Waals surface area contributed by atoms with Crippen LogP contribution in [0.3, 0.4) is 0 Å². The van der Waals surface area contributed by atoms with E-state index in [9.17, 15) is 0 Å². The quantitative estimate of drug-likeness (QED) is 0.834. The molecular formula is C13H14IN3S. The summed E-state index contributed by atoms with van der Waals surface area (Å²) in [4.78, 5) is 10.7. The summed E-state index contributed by atoms with van der Waals surface area (Å²) in [5.41, 5.74) is 1.24. The zero-order valence-electron chi connectivity index (χ0n) is 10.1. The Morgan fingerprint density at radius 3 is 2.89 bits per heavy atom. The van der Waals surface area contributed by atoms with Gasteiger partial charge in [0.05, 0.1) is 9.26 Å². The van der Waals surface area contributed by atoms with Crippen LogP contribution >= 0.6 is 33.9 Å². The summed E-state index contributed by atoms with van der Waals surface area (Å²) in [7, 11) is 1.93. The lowest BCUT2D eigenvalue weighted by molar-refractivity contribution is 0.896. The third-order valence-electron chi connectivity index (χ3n) is 3.04. The Bertz CT molecular complexity index is 550. The van der Waals surface area contributed by atoms with E-state index in [1.807, 2.05) is 7.05 Å². The monoisotopic (exact) mass is 371 g/mol. The molecule has 1 fully saturated rings. The van der Waals surface area contributed by atoms with E-state index >= 15 is 0 Å². The maximum atomic E-state index is 4.77. The van der Waals surface area contributed by atoms with Crippen molar-refractivity contribution >= 4 is 39.7 Å². The number of hydrogen-bond acceptors (Lipinski definition) is 4. The Balaban J connectivity index is 1.96. The van der Waals surface area contributed by atoms with Gasteiger partial charge in [-0.2, -0.15) is 0 Å². The van der Waals surface area contributed by atoms with E-state index in [2.05, 4.69) is 50.4 Å². The molecule has 1 saturated carbocycles. The van der Waals surface area contributed by atoms with Crippen LogP contribution in [0.4, 0.5) is 5.82 Å². The minimum atomic E-state index is 0.661. The first-order valence-corrected chi connectivity index (χ1v) is 8.00. The molecule has 3 rings (SSSR count). The summed E-state index contributed by atoms with van der Waals surface area (Å²) in [6.07, 6.45) is 3.38. The number of rotatable bonds is 4. The second-order valence-electron chi connectivity index (χ2n) is 4.47. The molecule has 2 aromatic rings. The molecule has 0 spiro atoms. The predicted molar refractivity (Wildman–Crippen MR) is 83.4 cm³/mol. The predicted octanol–water partition coefficient (Wildman–Crippen LogP) is 3.65. The Kier molecular flexibility index (Phi) is 3.52. The highest BCUT2D eigenvalue weighted by Crippen LogP contribution is 2.42. The van der Waals surface area contributed by atoms with Gasteiger partial charge < -0.3 is 5.32 Å². The first-order valence-electron chi connectivity index (χ1n) is 6.04. The van der Waals surface area contributed by atoms with Crippen molar-refractivity contribution in [3.63, 3.8) is 0 Å². The Labute approximate surface area is 124 Å². The summed E-state index contributed by atoms with van der Waals surface area (Å²) >= 11 is 4.12. The number of nitrogens with zero attached hydrogens (tertiary/aromatic N) is 2. The van der Waals surface area contributed by atoms with Crippen LogP contribution in [0, 0.1) is 3.57 Å². The smallest absolute Gasteiger partial charge is 0.143 e. The van der Waals surface area contributed by atoms with Gasteiger partial charge in [0, 0.05) is 24.3 Å². The van der Waals surface area contributed by atoms with Gasteiger partial charge in [-0.15, -0.1) is 11.3 Å². The van der Waals surface area contributed by atoms with E-state index in [4.69, 9.17) is 4.98 Å². The highest BCUT2D eigenvalue weighted by molar-refractivity contribution is 14.1. The number of aromatic nitrogens is 2. The van der Waals surface area contributed by atoms with Crippen LogP contribution in [0.1, 0.15) is 35.2 Å². The van der Waals surface area contributed by atoms with Gasteiger partial charge in [0.15, 0.2) is 0 Å². The fourth-order valence-electron chi connectivity index (χ4n) is 1.95. The van der Waals surface area contributed by atoms with Gasteiger partial charge in [-0.3, -0.25) is 0 Å². The number of hydrogen-bond donors (Lipinski definition) is 1. The third kappa shape index (κ3) is 2.51. The van der Waals surface area contributed by atoms with Crippen molar-refractivity contribution in [3.05, 3.63) is 37.5 Å². The second kappa shape index (κ2) is 5.13. The van der Waals surface area contributed by atoms with E-state index in [1.165, 1.54) is 27.0 Å². The van der Waals surface area contributed by atoms with Crippen molar-refractivity contribution in [2.75, 3.05) is 12.4 Å². The Hall–Kier alpha value is -0.690. The number of halogens is 1. The van der Waals surface area contributed by atoms with Crippen LogP contribution in [0.5, 0.6) is 0 Å². The van der Waals surface area contributed by atoms with Crippen LogP contribution in [0.15, 0.2) is 17.5 Å². The second-order valence-corrected chi connectivity index (χ2v) is 6.58. The molecule has 2 heterocycles. The first-order chi connectivity index (χ1) is 8.78. The molecule has 0 radical (unpaired) electrons. The molecule has 1 aliphatic carbocycles. The van der Waals surface area contributed by atoms with Crippen molar-refractivity contribution in [1.29, 1.82) is 0 Å². The maximum Gasteiger partial charge on any atom is 0.143 e. The maximum absolute atomic E-state index is 4.77. The van der Waals surface area contributed by atoms with Crippen molar-refractivity contribution in [1.82, 2.24) is 9.97 Å². The van der Waals surface area contributed by atoms with Gasteiger partial charge in [-0.1, -0.05) is 6.07 Å². The molecule has 94 valence electrons. The van der Waals surface area contributed by atoms with Crippen LogP contribution in [-0.4, -0.2) is 17.0 Å². The van der Waals surface area contributed by atoms with E-state index in [0.717, 1.165) is 18.1 Å². The molecule has 0 bridgehead atoms. The lowest BCUT2D eigenvalue weighted by Crippen LogP contribution is -2.07. The minimum absolute atomic E-state index is 0.661. The van der Waals surface area contributed by atoms with Gasteiger partial charge >= 0.3 is 0 Å². The highest BCUT2D eigenvalue weighted by Gasteiger charge is 2.29. The fourth-order valence-corrected chi connectivity index (χ4v) is 3.61.